The molecule has 0 unspecified atom stereocenters. The molecule has 3 rings (SSSR count). The molecule has 0 N–H and O–H groups in total. The van der Waals surface area contributed by atoms with Crippen molar-refractivity contribution in [3.05, 3.63) is 81.2 Å². The molecule has 144 valence electrons. The summed E-state index contributed by atoms with van der Waals surface area (Å²) in [6, 6.07) is 13.4. The van der Waals surface area contributed by atoms with Gasteiger partial charge in [0.2, 0.25) is 0 Å². The first kappa shape index (κ1) is 19.1. The lowest BCUT2D eigenvalue weighted by molar-refractivity contribution is -0.385. The first-order valence-corrected chi connectivity index (χ1v) is 8.51. The molecule has 0 aliphatic heterocycles. The van der Waals surface area contributed by atoms with Gasteiger partial charge in [0.1, 0.15) is 6.61 Å². The van der Waals surface area contributed by atoms with Crippen molar-refractivity contribution in [2.24, 2.45) is 0 Å². The SMILES string of the molecule is COc1ccc(C(=O)OCc2ccc(-n3nc(C)cc3C)cc2)cc1[N+](=O)[O-]. The second-order valence-corrected chi connectivity index (χ2v) is 6.23. The third-order valence-corrected chi connectivity index (χ3v) is 4.17. The maximum atomic E-state index is 12.2. The predicted molar refractivity (Wildman–Crippen MR) is 102 cm³/mol. The van der Waals surface area contributed by atoms with Gasteiger partial charge in [-0.25, -0.2) is 9.48 Å². The Balaban J connectivity index is 1.69. The highest BCUT2D eigenvalue weighted by Crippen LogP contribution is 2.27. The lowest BCUT2D eigenvalue weighted by Gasteiger charge is -2.08. The Morgan fingerprint density at radius 3 is 2.43 bits per heavy atom. The van der Waals surface area contributed by atoms with E-state index in [0.717, 1.165) is 28.7 Å². The van der Waals surface area contributed by atoms with Gasteiger partial charge >= 0.3 is 11.7 Å². The third-order valence-electron chi connectivity index (χ3n) is 4.17. The van der Waals surface area contributed by atoms with Crippen LogP contribution in [0.5, 0.6) is 5.75 Å². The molecule has 0 atom stereocenters. The number of nitrogens with zero attached hydrogens (tertiary/aromatic N) is 3. The zero-order chi connectivity index (χ0) is 20.3. The van der Waals surface area contributed by atoms with Gasteiger partial charge in [-0.2, -0.15) is 5.10 Å². The van der Waals surface area contributed by atoms with Gasteiger partial charge in [-0.05, 0) is 49.7 Å². The second-order valence-electron chi connectivity index (χ2n) is 6.23. The van der Waals surface area contributed by atoms with Crippen molar-refractivity contribution < 1.29 is 19.2 Å². The molecule has 1 heterocycles. The number of aryl methyl sites for hydroxylation is 2. The average molecular weight is 381 g/mol. The van der Waals surface area contributed by atoms with Gasteiger partial charge in [0.25, 0.3) is 0 Å². The van der Waals surface area contributed by atoms with Crippen molar-refractivity contribution in [2.75, 3.05) is 7.11 Å². The summed E-state index contributed by atoms with van der Waals surface area (Å²) in [6.45, 7) is 3.96. The van der Waals surface area contributed by atoms with Gasteiger partial charge in [0.15, 0.2) is 5.75 Å². The van der Waals surface area contributed by atoms with E-state index in [1.54, 1.807) is 0 Å². The van der Waals surface area contributed by atoms with Crippen LogP contribution in [0, 0.1) is 24.0 Å². The minimum Gasteiger partial charge on any atom is -0.490 e. The number of nitro groups is 1. The van der Waals surface area contributed by atoms with Gasteiger partial charge in [-0.3, -0.25) is 10.1 Å². The number of benzene rings is 2. The molecule has 28 heavy (non-hydrogen) atoms. The van der Waals surface area contributed by atoms with Crippen molar-refractivity contribution >= 4 is 11.7 Å². The molecule has 3 aromatic rings. The van der Waals surface area contributed by atoms with Crippen LogP contribution >= 0.6 is 0 Å². The van der Waals surface area contributed by atoms with Gasteiger partial charge in [-0.15, -0.1) is 0 Å². The van der Waals surface area contributed by atoms with Gasteiger partial charge in [0.05, 0.1) is 29.0 Å². The highest BCUT2D eigenvalue weighted by molar-refractivity contribution is 5.90. The Morgan fingerprint density at radius 2 is 1.86 bits per heavy atom. The highest BCUT2D eigenvalue weighted by Gasteiger charge is 2.19. The van der Waals surface area contributed by atoms with Gasteiger partial charge in [0, 0.05) is 11.8 Å². The number of rotatable bonds is 6. The number of nitro benzene ring substituents is 1. The molecular weight excluding hydrogens is 362 g/mol. The third kappa shape index (κ3) is 4.01. The molecule has 0 bridgehead atoms. The smallest absolute Gasteiger partial charge is 0.338 e. The van der Waals surface area contributed by atoms with Gasteiger partial charge < -0.3 is 9.47 Å². The zero-order valence-corrected chi connectivity index (χ0v) is 15.7. The number of aromatic nitrogens is 2. The quantitative estimate of drug-likeness (QED) is 0.366. The Morgan fingerprint density at radius 1 is 1.14 bits per heavy atom. The monoisotopic (exact) mass is 381 g/mol. The normalized spacial score (nSPS) is 10.5. The van der Waals surface area contributed by atoms with E-state index < -0.39 is 10.9 Å². The average Bonchev–Trinajstić information content (AvgIpc) is 3.03. The molecule has 8 nitrogen and oxygen atoms in total. The molecule has 8 heteroatoms. The van der Waals surface area contributed by atoms with E-state index in [9.17, 15) is 14.9 Å². The molecule has 0 fully saturated rings. The minimum absolute atomic E-state index is 0.0516. The Labute approximate surface area is 161 Å². The number of esters is 1. The van der Waals surface area contributed by atoms with E-state index in [-0.39, 0.29) is 23.6 Å². The molecule has 0 aliphatic carbocycles. The minimum atomic E-state index is -0.645. The van der Waals surface area contributed by atoms with E-state index in [2.05, 4.69) is 5.10 Å². The molecule has 0 saturated carbocycles. The van der Waals surface area contributed by atoms with Crippen LogP contribution in [-0.4, -0.2) is 27.8 Å². The van der Waals surface area contributed by atoms with Crippen molar-refractivity contribution in [1.29, 1.82) is 0 Å². The zero-order valence-electron chi connectivity index (χ0n) is 15.7. The van der Waals surface area contributed by atoms with E-state index in [1.807, 2.05) is 48.9 Å². The van der Waals surface area contributed by atoms with Crippen molar-refractivity contribution in [2.45, 2.75) is 20.5 Å². The summed E-state index contributed by atoms with van der Waals surface area (Å²) in [5.41, 5.74) is 3.47. The first-order valence-electron chi connectivity index (χ1n) is 8.51. The molecule has 1 aromatic heterocycles. The van der Waals surface area contributed by atoms with Crippen molar-refractivity contribution in [3.8, 4) is 11.4 Å². The van der Waals surface area contributed by atoms with Crippen molar-refractivity contribution in [1.82, 2.24) is 9.78 Å². The number of hydrogen-bond acceptors (Lipinski definition) is 6. The number of hydrogen-bond donors (Lipinski definition) is 0. The summed E-state index contributed by atoms with van der Waals surface area (Å²) in [5.74, 6) is -0.560. The van der Waals surface area contributed by atoms with E-state index in [1.165, 1.54) is 19.2 Å². The molecule has 0 aliphatic rings. The fourth-order valence-electron chi connectivity index (χ4n) is 2.82. The van der Waals surface area contributed by atoms with E-state index in [4.69, 9.17) is 9.47 Å². The topological polar surface area (TPSA) is 96.5 Å². The van der Waals surface area contributed by atoms with Crippen LogP contribution in [0.15, 0.2) is 48.5 Å². The van der Waals surface area contributed by atoms with Crippen LogP contribution in [0.25, 0.3) is 5.69 Å². The van der Waals surface area contributed by atoms with E-state index >= 15 is 0 Å². The fraction of sp³-hybridized carbons (Fsp3) is 0.200. The highest BCUT2D eigenvalue weighted by atomic mass is 16.6. The lowest BCUT2D eigenvalue weighted by Crippen LogP contribution is -2.06. The molecule has 0 saturated heterocycles. The molecule has 0 radical (unpaired) electrons. The molecular formula is C20H19N3O5. The number of carbonyl (C=O) groups excluding carboxylic acids is 1. The van der Waals surface area contributed by atoms with Crippen LogP contribution in [0.3, 0.4) is 0 Å². The largest absolute Gasteiger partial charge is 0.490 e. The summed E-state index contributed by atoms with van der Waals surface area (Å²) in [5, 5.41) is 15.5. The molecule has 2 aromatic carbocycles. The van der Waals surface area contributed by atoms with Crippen LogP contribution in [0.1, 0.15) is 27.3 Å². The molecule has 0 amide bonds. The second kappa shape index (κ2) is 7.91. The standard InChI is InChI=1S/C20H19N3O5/c1-13-10-14(2)22(21-13)17-7-4-15(5-8-17)12-28-20(24)16-6-9-19(27-3)18(11-16)23(25)26/h4-11H,12H2,1-3H3. The van der Waals surface area contributed by atoms with Crippen LogP contribution in [0.4, 0.5) is 5.69 Å². The summed E-state index contributed by atoms with van der Waals surface area (Å²) in [6.07, 6.45) is 0. The number of ether oxygens (including phenoxy) is 2. The number of carbonyl (C=O) groups is 1. The van der Waals surface area contributed by atoms with E-state index in [0.29, 0.717) is 0 Å². The fourth-order valence-corrected chi connectivity index (χ4v) is 2.82. The first-order chi connectivity index (χ1) is 13.4. The van der Waals surface area contributed by atoms with Crippen molar-refractivity contribution in [3.63, 3.8) is 0 Å². The maximum absolute atomic E-state index is 12.2. The predicted octanol–water partition coefficient (Wildman–Crippen LogP) is 3.76. The van der Waals surface area contributed by atoms with Gasteiger partial charge in [-0.1, -0.05) is 12.1 Å². The summed E-state index contributed by atoms with van der Waals surface area (Å²) in [4.78, 5) is 22.7. The Kier molecular flexibility index (Phi) is 5.39. The number of methoxy groups -OCH3 is 1. The summed E-state index contributed by atoms with van der Waals surface area (Å²) < 4.78 is 12.0. The van der Waals surface area contributed by atoms with Crippen LogP contribution in [-0.2, 0) is 11.3 Å². The van der Waals surface area contributed by atoms with Crippen LogP contribution < -0.4 is 4.74 Å². The summed E-state index contributed by atoms with van der Waals surface area (Å²) >= 11 is 0. The Hall–Kier alpha value is -3.68. The lowest BCUT2D eigenvalue weighted by atomic mass is 10.2. The Bertz CT molecular complexity index is 1020. The maximum Gasteiger partial charge on any atom is 0.338 e. The van der Waals surface area contributed by atoms with Crippen LogP contribution in [0.2, 0.25) is 0 Å². The summed E-state index contributed by atoms with van der Waals surface area (Å²) in [7, 11) is 1.33. The molecule has 0 spiro atoms.